The van der Waals surface area contributed by atoms with Crippen LogP contribution in [0.1, 0.15) is 37.0 Å². The third kappa shape index (κ3) is 4.19. The Hall–Kier alpha value is -3.00. The lowest BCUT2D eigenvalue weighted by molar-refractivity contribution is -0.169. The molecule has 0 bridgehead atoms. The summed E-state index contributed by atoms with van der Waals surface area (Å²) < 4.78 is 55.2. The number of nitrogens with zero attached hydrogens (tertiary/aromatic N) is 2. The second kappa shape index (κ2) is 8.41. The molecule has 1 atom stereocenters. The van der Waals surface area contributed by atoms with Gasteiger partial charge in [0.25, 0.3) is 0 Å². The van der Waals surface area contributed by atoms with Crippen molar-refractivity contribution in [1.82, 2.24) is 9.55 Å². The topological polar surface area (TPSA) is 43.8 Å². The second-order valence-corrected chi connectivity index (χ2v) is 9.26. The molecule has 4 aromatic rings. The van der Waals surface area contributed by atoms with Crippen molar-refractivity contribution < 1.29 is 17.6 Å². The Bertz CT molecular complexity index is 1300. The Kier molecular flexibility index (Phi) is 5.90. The van der Waals surface area contributed by atoms with Crippen LogP contribution in [0.4, 0.5) is 23.2 Å². The Labute approximate surface area is 193 Å². The summed E-state index contributed by atoms with van der Waals surface area (Å²) in [4.78, 5) is 4.55. The first kappa shape index (κ1) is 23.2. The number of thiophene rings is 1. The second-order valence-electron chi connectivity index (χ2n) is 8.52. The van der Waals surface area contributed by atoms with E-state index in [0.717, 1.165) is 16.8 Å². The first-order chi connectivity index (χ1) is 15.5. The summed E-state index contributed by atoms with van der Waals surface area (Å²) in [5.74, 6) is -1.17. The average Bonchev–Trinajstić information content (AvgIpc) is 3.28. The smallest absolute Gasteiger partial charge is 0.390 e. The van der Waals surface area contributed by atoms with Gasteiger partial charge in [0.05, 0.1) is 28.3 Å². The number of hydrogen-bond acceptors (Lipinski definition) is 3. The summed E-state index contributed by atoms with van der Waals surface area (Å²) >= 11 is 1.55. The molecular formula is C25H24F4N3S-. The Morgan fingerprint density at radius 1 is 1.15 bits per heavy atom. The van der Waals surface area contributed by atoms with Gasteiger partial charge >= 0.3 is 6.18 Å². The van der Waals surface area contributed by atoms with E-state index in [4.69, 9.17) is 5.73 Å². The number of anilines is 1. The zero-order valence-electron chi connectivity index (χ0n) is 18.7. The average molecular weight is 475 g/mol. The van der Waals surface area contributed by atoms with Crippen LogP contribution in [0.5, 0.6) is 0 Å². The van der Waals surface area contributed by atoms with Gasteiger partial charge in [-0.3, -0.25) is 0 Å². The zero-order valence-corrected chi connectivity index (χ0v) is 19.5. The van der Waals surface area contributed by atoms with Gasteiger partial charge in [-0.25, -0.2) is 4.39 Å². The van der Waals surface area contributed by atoms with E-state index in [1.165, 1.54) is 13.0 Å². The molecule has 1 unspecified atom stereocenters. The number of pyridine rings is 1. The fourth-order valence-electron chi connectivity index (χ4n) is 4.00. The van der Waals surface area contributed by atoms with Crippen molar-refractivity contribution >= 4 is 27.9 Å². The molecule has 3 aromatic heterocycles. The SMILES string of the molecule is Cc1cc2c(cc1F)c(N)c(-c1ccc([C-](C)CC(C)C(F)(F)F)cn1)n2-c1cscc1C. The number of fused-ring (bicyclic) bond motifs is 1. The fourth-order valence-corrected chi connectivity index (χ4v) is 4.81. The third-order valence-electron chi connectivity index (χ3n) is 6.03. The van der Waals surface area contributed by atoms with Crippen molar-refractivity contribution in [2.45, 2.75) is 40.3 Å². The van der Waals surface area contributed by atoms with E-state index in [2.05, 4.69) is 4.98 Å². The van der Waals surface area contributed by atoms with Gasteiger partial charge in [-0.05, 0) is 42.5 Å². The Morgan fingerprint density at radius 2 is 1.88 bits per heavy atom. The standard InChI is InChI=1S/C25H24F4N3S/c1-13(7-16(4)25(27,28)29)17-5-6-20(31-10-17)24-23(30)18-9-19(26)14(2)8-21(18)32(24)22-12-33-11-15(22)3/h5-6,8-12,16H,7,30H2,1-4H3/q-1. The first-order valence-electron chi connectivity index (χ1n) is 10.5. The number of benzene rings is 1. The molecule has 0 aliphatic carbocycles. The van der Waals surface area contributed by atoms with Crippen LogP contribution in [0.25, 0.3) is 28.0 Å². The van der Waals surface area contributed by atoms with Gasteiger partial charge in [0.2, 0.25) is 0 Å². The van der Waals surface area contributed by atoms with Gasteiger partial charge in [0, 0.05) is 16.7 Å². The van der Waals surface area contributed by atoms with Crippen molar-refractivity contribution in [3.05, 3.63) is 69.6 Å². The van der Waals surface area contributed by atoms with Crippen molar-refractivity contribution in [1.29, 1.82) is 0 Å². The molecule has 3 nitrogen and oxygen atoms in total. The van der Waals surface area contributed by atoms with Crippen LogP contribution in [-0.4, -0.2) is 15.7 Å². The zero-order chi connectivity index (χ0) is 24.1. The van der Waals surface area contributed by atoms with Gasteiger partial charge in [0.1, 0.15) is 5.82 Å². The molecule has 0 spiro atoms. The maximum Gasteiger partial charge on any atom is 0.390 e. The molecule has 0 saturated heterocycles. The number of nitrogens with two attached hydrogens (primary N) is 1. The van der Waals surface area contributed by atoms with Crippen LogP contribution >= 0.6 is 11.3 Å². The van der Waals surface area contributed by atoms with E-state index in [1.807, 2.05) is 22.3 Å². The van der Waals surface area contributed by atoms with Crippen LogP contribution in [0.15, 0.2) is 41.2 Å². The molecule has 3 heterocycles. The van der Waals surface area contributed by atoms with Crippen molar-refractivity contribution in [2.75, 3.05) is 5.73 Å². The predicted molar refractivity (Wildman–Crippen MR) is 126 cm³/mol. The summed E-state index contributed by atoms with van der Waals surface area (Å²) in [5.41, 5.74) is 12.0. The minimum atomic E-state index is -4.24. The largest absolute Gasteiger partial charge is 0.396 e. The number of hydrogen-bond donors (Lipinski definition) is 1. The van der Waals surface area contributed by atoms with Crippen LogP contribution in [-0.2, 0) is 0 Å². The number of aryl methyl sites for hydroxylation is 2. The minimum Gasteiger partial charge on any atom is -0.396 e. The van der Waals surface area contributed by atoms with Crippen LogP contribution < -0.4 is 5.73 Å². The molecule has 2 N–H and O–H groups in total. The van der Waals surface area contributed by atoms with E-state index in [0.29, 0.717) is 39.5 Å². The molecule has 0 aliphatic rings. The quantitative estimate of drug-likeness (QED) is 0.239. The molecule has 4 rings (SSSR count). The Balaban J connectivity index is 1.82. The van der Waals surface area contributed by atoms with Gasteiger partial charge in [-0.15, -0.1) is 11.3 Å². The number of halogens is 4. The van der Waals surface area contributed by atoms with Gasteiger partial charge < -0.3 is 15.3 Å². The van der Waals surface area contributed by atoms with E-state index in [9.17, 15) is 17.6 Å². The number of rotatable bonds is 5. The van der Waals surface area contributed by atoms with Crippen LogP contribution in [0.2, 0.25) is 0 Å². The molecule has 0 fully saturated rings. The van der Waals surface area contributed by atoms with Crippen molar-refractivity contribution in [3.8, 4) is 17.1 Å². The minimum absolute atomic E-state index is 0.0976. The molecule has 1 aromatic carbocycles. The predicted octanol–water partition coefficient (Wildman–Crippen LogP) is 7.62. The summed E-state index contributed by atoms with van der Waals surface area (Å²) in [7, 11) is 0. The van der Waals surface area contributed by atoms with E-state index in [1.54, 1.807) is 49.6 Å². The van der Waals surface area contributed by atoms with Gasteiger partial charge in [-0.1, -0.05) is 32.5 Å². The molecule has 0 amide bonds. The first-order valence-corrected chi connectivity index (χ1v) is 11.4. The molecule has 0 saturated carbocycles. The highest BCUT2D eigenvalue weighted by molar-refractivity contribution is 7.08. The number of alkyl halides is 3. The summed E-state index contributed by atoms with van der Waals surface area (Å²) in [5, 5.41) is 4.61. The highest BCUT2D eigenvalue weighted by Crippen LogP contribution is 2.40. The molecule has 0 radical (unpaired) electrons. The van der Waals surface area contributed by atoms with Gasteiger partial charge in [-0.2, -0.15) is 30.7 Å². The third-order valence-corrected chi connectivity index (χ3v) is 6.88. The lowest BCUT2D eigenvalue weighted by Gasteiger charge is -2.26. The Morgan fingerprint density at radius 3 is 2.45 bits per heavy atom. The lowest BCUT2D eigenvalue weighted by atomic mass is 9.91. The molecule has 174 valence electrons. The number of aromatic nitrogens is 2. The fraction of sp³-hybridized carbons (Fsp3) is 0.280. The lowest BCUT2D eigenvalue weighted by Crippen LogP contribution is -2.21. The highest BCUT2D eigenvalue weighted by atomic mass is 32.1. The van der Waals surface area contributed by atoms with E-state index < -0.39 is 12.1 Å². The molecule has 33 heavy (non-hydrogen) atoms. The van der Waals surface area contributed by atoms with Crippen LogP contribution in [0, 0.1) is 31.5 Å². The van der Waals surface area contributed by atoms with E-state index >= 15 is 0 Å². The van der Waals surface area contributed by atoms with Gasteiger partial charge in [0.15, 0.2) is 0 Å². The number of nitrogen functional groups attached to an aromatic ring is 1. The summed E-state index contributed by atoms with van der Waals surface area (Å²) in [6.45, 7) is 6.56. The van der Waals surface area contributed by atoms with Crippen molar-refractivity contribution in [3.63, 3.8) is 0 Å². The summed E-state index contributed by atoms with van der Waals surface area (Å²) in [6, 6.07) is 6.72. The molecule has 8 heteroatoms. The molecule has 0 aliphatic heterocycles. The summed E-state index contributed by atoms with van der Waals surface area (Å²) in [6.07, 6.45) is -2.77. The van der Waals surface area contributed by atoms with E-state index in [-0.39, 0.29) is 12.2 Å². The maximum atomic E-state index is 14.4. The molecular weight excluding hydrogens is 450 g/mol. The normalized spacial score (nSPS) is 13.0. The highest BCUT2D eigenvalue weighted by Gasteiger charge is 2.35. The van der Waals surface area contributed by atoms with Crippen LogP contribution in [0.3, 0.4) is 0 Å². The van der Waals surface area contributed by atoms with Crippen molar-refractivity contribution in [2.24, 2.45) is 5.92 Å². The monoisotopic (exact) mass is 474 g/mol. The maximum absolute atomic E-state index is 14.4.